The van der Waals surface area contributed by atoms with Crippen LogP contribution in [0.2, 0.25) is 0 Å². The second-order valence-electron chi connectivity index (χ2n) is 6.87. The summed E-state index contributed by atoms with van der Waals surface area (Å²) in [5.41, 5.74) is 1.48. The van der Waals surface area contributed by atoms with Crippen molar-refractivity contribution in [1.29, 1.82) is 0 Å². The molecule has 0 radical (unpaired) electrons. The summed E-state index contributed by atoms with van der Waals surface area (Å²) in [5.74, 6) is 0.0978. The minimum atomic E-state index is -0.779. The van der Waals surface area contributed by atoms with Gasteiger partial charge in [0.2, 0.25) is 0 Å². The summed E-state index contributed by atoms with van der Waals surface area (Å²) < 4.78 is 5.78. The highest BCUT2D eigenvalue weighted by Gasteiger charge is 2.25. The number of aromatic nitrogens is 1. The van der Waals surface area contributed by atoms with Crippen molar-refractivity contribution in [2.24, 2.45) is 5.92 Å². The van der Waals surface area contributed by atoms with Gasteiger partial charge in [-0.3, -0.25) is 9.59 Å². The van der Waals surface area contributed by atoms with Gasteiger partial charge in [-0.15, -0.1) is 11.3 Å². The maximum Gasteiger partial charge on any atom is 0.303 e. The Morgan fingerprint density at radius 3 is 3.00 bits per heavy atom. The second-order valence-corrected chi connectivity index (χ2v) is 7.93. The number of nitrogens with zero attached hydrogens (tertiary/aromatic N) is 2. The number of aliphatic carboxylic acids is 1. The van der Waals surface area contributed by atoms with Gasteiger partial charge >= 0.3 is 5.97 Å². The number of carboxylic acid groups (broad SMARTS) is 1. The third-order valence-electron chi connectivity index (χ3n) is 4.71. The number of carbonyl (C=O) groups excluding carboxylic acids is 1. The van der Waals surface area contributed by atoms with Crippen LogP contribution in [0.5, 0.6) is 5.75 Å². The van der Waals surface area contributed by atoms with Crippen LogP contribution in [0.1, 0.15) is 46.7 Å². The Bertz CT molecular complexity index is 805. The molecule has 0 spiro atoms. The summed E-state index contributed by atoms with van der Waals surface area (Å²) >= 11 is 1.58. The zero-order valence-electron chi connectivity index (χ0n) is 15.4. The Morgan fingerprint density at radius 2 is 2.26 bits per heavy atom. The van der Waals surface area contributed by atoms with Gasteiger partial charge in [-0.1, -0.05) is 6.07 Å². The van der Waals surface area contributed by atoms with E-state index in [-0.39, 0.29) is 18.2 Å². The molecule has 1 aliphatic rings. The molecule has 1 aromatic carbocycles. The lowest BCUT2D eigenvalue weighted by molar-refractivity contribution is -0.137. The molecule has 3 rings (SSSR count). The number of hydrogen-bond donors (Lipinski definition) is 1. The first kappa shape index (κ1) is 19.4. The number of benzene rings is 1. The summed E-state index contributed by atoms with van der Waals surface area (Å²) in [6, 6.07) is 7.22. The normalized spacial score (nSPS) is 16.9. The smallest absolute Gasteiger partial charge is 0.303 e. The van der Waals surface area contributed by atoms with Crippen LogP contribution in [0.4, 0.5) is 0 Å². The van der Waals surface area contributed by atoms with Gasteiger partial charge in [-0.2, -0.15) is 0 Å². The fourth-order valence-electron chi connectivity index (χ4n) is 3.35. The highest BCUT2D eigenvalue weighted by atomic mass is 32.1. The Balaban J connectivity index is 1.59. The van der Waals surface area contributed by atoms with Gasteiger partial charge in [0.05, 0.1) is 10.7 Å². The number of likely N-dealkylation sites (tertiary alicyclic amines) is 1. The maximum absolute atomic E-state index is 12.9. The Labute approximate surface area is 162 Å². The van der Waals surface area contributed by atoms with Crippen molar-refractivity contribution in [3.63, 3.8) is 0 Å². The molecule has 2 heterocycles. The van der Waals surface area contributed by atoms with Gasteiger partial charge < -0.3 is 14.7 Å². The van der Waals surface area contributed by atoms with E-state index in [2.05, 4.69) is 4.98 Å². The lowest BCUT2D eigenvalue weighted by Crippen LogP contribution is -2.40. The molecule has 1 atom stereocenters. The SMILES string of the molecule is Cc1nc(COc2cccc(C(=O)N3CCC[C@H](CCC(=O)O)C3)c2)cs1. The molecule has 1 amide bonds. The van der Waals surface area contributed by atoms with Gasteiger partial charge in [0.25, 0.3) is 5.91 Å². The molecule has 7 heteroatoms. The minimum Gasteiger partial charge on any atom is -0.487 e. The van der Waals surface area contributed by atoms with Crippen molar-refractivity contribution < 1.29 is 19.4 Å². The van der Waals surface area contributed by atoms with Gasteiger partial charge in [0.15, 0.2) is 0 Å². The average molecular weight is 388 g/mol. The van der Waals surface area contributed by atoms with E-state index in [1.54, 1.807) is 23.5 Å². The number of thiazole rings is 1. The highest BCUT2D eigenvalue weighted by molar-refractivity contribution is 7.09. The third kappa shape index (κ3) is 5.53. The number of carboxylic acids is 1. The molecule has 0 bridgehead atoms. The fraction of sp³-hybridized carbons (Fsp3) is 0.450. The molecule has 1 aromatic heterocycles. The van der Waals surface area contributed by atoms with Crippen molar-refractivity contribution in [2.75, 3.05) is 13.1 Å². The number of aryl methyl sites for hydroxylation is 1. The van der Waals surface area contributed by atoms with Crippen molar-refractivity contribution in [1.82, 2.24) is 9.88 Å². The van der Waals surface area contributed by atoms with Crippen LogP contribution in [0.15, 0.2) is 29.6 Å². The van der Waals surface area contributed by atoms with Crippen LogP contribution < -0.4 is 4.74 Å². The van der Waals surface area contributed by atoms with Crippen LogP contribution in [-0.2, 0) is 11.4 Å². The molecule has 6 nitrogen and oxygen atoms in total. The molecular weight excluding hydrogens is 364 g/mol. The molecule has 2 aromatic rings. The first-order chi connectivity index (χ1) is 13.0. The van der Waals surface area contributed by atoms with E-state index in [0.717, 1.165) is 23.5 Å². The van der Waals surface area contributed by atoms with E-state index in [1.165, 1.54) is 0 Å². The number of carbonyl (C=O) groups is 2. The predicted molar refractivity (Wildman–Crippen MR) is 103 cm³/mol. The van der Waals surface area contributed by atoms with E-state index < -0.39 is 5.97 Å². The number of hydrogen-bond acceptors (Lipinski definition) is 5. The Kier molecular flexibility index (Phi) is 6.45. The van der Waals surface area contributed by atoms with Crippen LogP contribution in [0, 0.1) is 12.8 Å². The predicted octanol–water partition coefficient (Wildman–Crippen LogP) is 3.75. The fourth-order valence-corrected chi connectivity index (χ4v) is 3.94. The standard InChI is InChI=1S/C20H24N2O4S/c1-14-21-17(13-27-14)12-26-18-6-2-5-16(10-18)20(25)22-9-3-4-15(11-22)7-8-19(23)24/h2,5-6,10,13,15H,3-4,7-9,11-12H2,1H3,(H,23,24)/t15-/m1/s1. The molecule has 27 heavy (non-hydrogen) atoms. The molecule has 1 aliphatic heterocycles. The molecule has 0 aliphatic carbocycles. The zero-order valence-corrected chi connectivity index (χ0v) is 16.2. The summed E-state index contributed by atoms with van der Waals surface area (Å²) in [6.07, 6.45) is 2.67. The number of rotatable bonds is 7. The van der Waals surface area contributed by atoms with Gasteiger partial charge in [0.1, 0.15) is 12.4 Å². The van der Waals surface area contributed by atoms with Gasteiger partial charge in [-0.05, 0) is 50.3 Å². The Morgan fingerprint density at radius 1 is 1.41 bits per heavy atom. The van der Waals surface area contributed by atoms with E-state index >= 15 is 0 Å². The molecule has 144 valence electrons. The van der Waals surface area contributed by atoms with Gasteiger partial charge in [-0.25, -0.2) is 4.98 Å². The molecule has 1 N–H and O–H groups in total. The minimum absolute atomic E-state index is 0.0232. The lowest BCUT2D eigenvalue weighted by atomic mass is 9.93. The second kappa shape index (κ2) is 8.99. The summed E-state index contributed by atoms with van der Waals surface area (Å²) in [5, 5.41) is 11.8. The number of ether oxygens (including phenoxy) is 1. The monoisotopic (exact) mass is 388 g/mol. The topological polar surface area (TPSA) is 79.7 Å². The molecule has 0 unspecified atom stereocenters. The highest BCUT2D eigenvalue weighted by Crippen LogP contribution is 2.24. The first-order valence-corrected chi connectivity index (χ1v) is 10.0. The first-order valence-electron chi connectivity index (χ1n) is 9.16. The average Bonchev–Trinajstić information content (AvgIpc) is 3.10. The van der Waals surface area contributed by atoms with Crippen molar-refractivity contribution >= 4 is 23.2 Å². The third-order valence-corrected chi connectivity index (χ3v) is 5.53. The van der Waals surface area contributed by atoms with Crippen molar-refractivity contribution in [3.05, 3.63) is 45.9 Å². The summed E-state index contributed by atoms with van der Waals surface area (Å²) in [6.45, 7) is 3.67. The van der Waals surface area contributed by atoms with E-state index in [4.69, 9.17) is 9.84 Å². The van der Waals surface area contributed by atoms with Crippen molar-refractivity contribution in [2.45, 2.75) is 39.2 Å². The van der Waals surface area contributed by atoms with Crippen LogP contribution in [-0.4, -0.2) is 40.0 Å². The zero-order chi connectivity index (χ0) is 19.2. The van der Waals surface area contributed by atoms with Crippen LogP contribution in [0.25, 0.3) is 0 Å². The lowest BCUT2D eigenvalue weighted by Gasteiger charge is -2.32. The molecule has 0 saturated carbocycles. The summed E-state index contributed by atoms with van der Waals surface area (Å²) in [7, 11) is 0. The van der Waals surface area contributed by atoms with E-state index in [1.807, 2.05) is 29.3 Å². The molecule has 1 fully saturated rings. The summed E-state index contributed by atoms with van der Waals surface area (Å²) in [4.78, 5) is 29.8. The largest absolute Gasteiger partial charge is 0.487 e. The quantitative estimate of drug-likeness (QED) is 0.781. The van der Waals surface area contributed by atoms with Crippen molar-refractivity contribution in [3.8, 4) is 5.75 Å². The molecular formula is C20H24N2O4S. The Hall–Kier alpha value is -2.41. The van der Waals surface area contributed by atoms with Crippen LogP contribution >= 0.6 is 11.3 Å². The molecule has 1 saturated heterocycles. The van der Waals surface area contributed by atoms with Crippen LogP contribution in [0.3, 0.4) is 0 Å². The number of amides is 1. The number of piperidine rings is 1. The maximum atomic E-state index is 12.9. The van der Waals surface area contributed by atoms with E-state index in [0.29, 0.717) is 37.4 Å². The van der Waals surface area contributed by atoms with E-state index in [9.17, 15) is 9.59 Å². The van der Waals surface area contributed by atoms with Gasteiger partial charge in [0, 0.05) is 30.5 Å².